The zero-order chi connectivity index (χ0) is 25.7. The highest BCUT2D eigenvalue weighted by atomic mass is 16.5. The molecular weight excluding hydrogens is 458 g/mol. The first kappa shape index (κ1) is 24.7. The van der Waals surface area contributed by atoms with Gasteiger partial charge in [0, 0.05) is 17.2 Å². The second kappa shape index (κ2) is 10.9. The number of hydrogen-bond donors (Lipinski definition) is 1. The summed E-state index contributed by atoms with van der Waals surface area (Å²) in [5, 5.41) is 11.7. The maximum Gasteiger partial charge on any atom is 0.331 e. The van der Waals surface area contributed by atoms with E-state index in [4.69, 9.17) is 9.47 Å². The fourth-order valence-electron chi connectivity index (χ4n) is 4.63. The third kappa shape index (κ3) is 5.01. The average Bonchev–Trinajstić information content (AvgIpc) is 3.40. The van der Waals surface area contributed by atoms with Gasteiger partial charge in [0.1, 0.15) is 12.2 Å². The Morgan fingerprint density at radius 3 is 2.61 bits per heavy atom. The van der Waals surface area contributed by atoms with E-state index in [0.717, 1.165) is 36.8 Å². The van der Waals surface area contributed by atoms with Gasteiger partial charge < -0.3 is 9.47 Å². The van der Waals surface area contributed by atoms with Crippen LogP contribution in [0.2, 0.25) is 0 Å². The van der Waals surface area contributed by atoms with E-state index >= 15 is 0 Å². The number of urea groups is 1. The van der Waals surface area contributed by atoms with Gasteiger partial charge in [-0.1, -0.05) is 37.1 Å². The minimum atomic E-state index is -0.725. The molecule has 2 aromatic carbocycles. The summed E-state index contributed by atoms with van der Waals surface area (Å²) in [6.45, 7) is 3.97. The summed E-state index contributed by atoms with van der Waals surface area (Å²) in [5.41, 5.74) is 2.43. The monoisotopic (exact) mass is 485 g/mol. The lowest BCUT2D eigenvalue weighted by Crippen LogP contribution is -2.57. The number of methoxy groups -OCH3 is 1. The number of allylic oxidation sites excluding steroid dienone is 1. The van der Waals surface area contributed by atoms with E-state index in [2.05, 4.69) is 18.0 Å². The van der Waals surface area contributed by atoms with Crippen molar-refractivity contribution < 1.29 is 23.9 Å². The fraction of sp³-hybridized carbons (Fsp3) is 0.286. The van der Waals surface area contributed by atoms with Crippen LogP contribution in [-0.2, 0) is 22.6 Å². The molecule has 2 fully saturated rings. The molecule has 8 heteroatoms. The van der Waals surface area contributed by atoms with Crippen LogP contribution in [0.1, 0.15) is 47.9 Å². The number of carbonyl (C=O) groups is 3. The van der Waals surface area contributed by atoms with Crippen molar-refractivity contribution in [1.82, 2.24) is 10.2 Å². The predicted molar refractivity (Wildman–Crippen MR) is 133 cm³/mol. The third-order valence-corrected chi connectivity index (χ3v) is 6.38. The van der Waals surface area contributed by atoms with Gasteiger partial charge in [0.05, 0.1) is 18.7 Å². The van der Waals surface area contributed by atoms with Crippen molar-refractivity contribution in [3.8, 4) is 17.6 Å². The number of hydrogen-bond acceptors (Lipinski definition) is 6. The Morgan fingerprint density at radius 2 is 1.92 bits per heavy atom. The normalized spacial score (nSPS) is 17.2. The standard InChI is InChI=1S/C28H27N3O5/c1-3-8-19-13-18(14-23-26(32)30-28(34)31(27(23)33)22-11-6-7-12-22)15-24(35-2)25(19)36-17-21-10-5-4-9-20(21)16-29/h3-5,9-10,13-15,22H,1,6-8,11-12,17H2,2H3,(H,30,32,34)/b23-14+. The van der Waals surface area contributed by atoms with Crippen LogP contribution < -0.4 is 14.8 Å². The van der Waals surface area contributed by atoms with Crippen molar-refractivity contribution in [1.29, 1.82) is 5.26 Å². The molecule has 36 heavy (non-hydrogen) atoms. The minimum Gasteiger partial charge on any atom is -0.493 e. The average molecular weight is 486 g/mol. The van der Waals surface area contributed by atoms with Gasteiger partial charge in [-0.25, -0.2) is 4.79 Å². The first-order chi connectivity index (χ1) is 17.5. The Balaban J connectivity index is 1.68. The number of imide groups is 2. The third-order valence-electron chi connectivity index (χ3n) is 6.38. The maximum absolute atomic E-state index is 13.2. The van der Waals surface area contributed by atoms with Crippen molar-refractivity contribution in [3.63, 3.8) is 0 Å². The van der Waals surface area contributed by atoms with Crippen molar-refractivity contribution in [2.75, 3.05) is 7.11 Å². The lowest BCUT2D eigenvalue weighted by Gasteiger charge is -2.31. The zero-order valence-electron chi connectivity index (χ0n) is 20.1. The summed E-state index contributed by atoms with van der Waals surface area (Å²) in [4.78, 5) is 39.3. The lowest BCUT2D eigenvalue weighted by molar-refractivity contribution is -0.131. The van der Waals surface area contributed by atoms with Crippen LogP contribution in [0.3, 0.4) is 0 Å². The molecule has 2 aliphatic rings. The molecule has 1 saturated carbocycles. The Bertz CT molecular complexity index is 1280. The van der Waals surface area contributed by atoms with Crippen LogP contribution in [-0.4, -0.2) is 35.9 Å². The van der Waals surface area contributed by atoms with Crippen LogP contribution in [0.25, 0.3) is 6.08 Å². The minimum absolute atomic E-state index is 0.107. The van der Waals surface area contributed by atoms with E-state index in [0.29, 0.717) is 29.0 Å². The molecule has 0 bridgehead atoms. The first-order valence-corrected chi connectivity index (χ1v) is 11.8. The summed E-state index contributed by atoms with van der Waals surface area (Å²) < 4.78 is 11.7. The molecule has 0 atom stereocenters. The summed E-state index contributed by atoms with van der Waals surface area (Å²) in [6, 6.07) is 11.9. The van der Waals surface area contributed by atoms with Gasteiger partial charge in [-0.3, -0.25) is 19.8 Å². The zero-order valence-corrected chi connectivity index (χ0v) is 20.1. The van der Waals surface area contributed by atoms with Crippen molar-refractivity contribution in [3.05, 3.63) is 76.9 Å². The van der Waals surface area contributed by atoms with E-state index in [-0.39, 0.29) is 18.2 Å². The Kier molecular flexibility index (Phi) is 7.50. The maximum atomic E-state index is 13.2. The molecule has 0 radical (unpaired) electrons. The molecule has 1 aliphatic heterocycles. The smallest absolute Gasteiger partial charge is 0.331 e. The Labute approximate surface area is 209 Å². The molecule has 184 valence electrons. The quantitative estimate of drug-likeness (QED) is 0.340. The highest BCUT2D eigenvalue weighted by Crippen LogP contribution is 2.36. The molecule has 1 heterocycles. The second-order valence-electron chi connectivity index (χ2n) is 8.69. The number of benzene rings is 2. The summed E-state index contributed by atoms with van der Waals surface area (Å²) in [5.74, 6) is -0.428. The predicted octanol–water partition coefficient (Wildman–Crippen LogP) is 4.28. The Hall–Kier alpha value is -4.38. The van der Waals surface area contributed by atoms with Crippen LogP contribution >= 0.6 is 0 Å². The molecule has 2 aromatic rings. The number of rotatable bonds is 8. The highest BCUT2D eigenvalue weighted by molar-refractivity contribution is 6.31. The van der Waals surface area contributed by atoms with Crippen LogP contribution in [0.15, 0.2) is 54.6 Å². The number of carbonyl (C=O) groups excluding carboxylic acids is 3. The van der Waals surface area contributed by atoms with E-state index in [1.807, 2.05) is 12.1 Å². The van der Waals surface area contributed by atoms with E-state index in [1.165, 1.54) is 18.1 Å². The van der Waals surface area contributed by atoms with Gasteiger partial charge in [0.15, 0.2) is 11.5 Å². The molecule has 8 nitrogen and oxygen atoms in total. The van der Waals surface area contributed by atoms with Gasteiger partial charge in [-0.2, -0.15) is 5.26 Å². The van der Waals surface area contributed by atoms with Gasteiger partial charge in [0.2, 0.25) is 0 Å². The summed E-state index contributed by atoms with van der Waals surface area (Å²) in [7, 11) is 1.50. The number of ether oxygens (including phenoxy) is 2. The van der Waals surface area contributed by atoms with Gasteiger partial charge in [-0.15, -0.1) is 6.58 Å². The summed E-state index contributed by atoms with van der Waals surface area (Å²) in [6.07, 6.45) is 6.97. The van der Waals surface area contributed by atoms with Gasteiger partial charge in [-0.05, 0) is 49.1 Å². The number of nitrogens with one attached hydrogen (secondary N) is 1. The summed E-state index contributed by atoms with van der Waals surface area (Å²) >= 11 is 0. The van der Waals surface area contributed by atoms with Crippen molar-refractivity contribution in [2.24, 2.45) is 0 Å². The molecule has 0 unspecified atom stereocenters. The van der Waals surface area contributed by atoms with Crippen molar-refractivity contribution >= 4 is 23.9 Å². The molecule has 0 aromatic heterocycles. The van der Waals surface area contributed by atoms with E-state index in [1.54, 1.807) is 30.3 Å². The largest absolute Gasteiger partial charge is 0.493 e. The lowest BCUT2D eigenvalue weighted by atomic mass is 10.0. The number of nitrogens with zero attached hydrogens (tertiary/aromatic N) is 2. The van der Waals surface area contributed by atoms with E-state index in [9.17, 15) is 19.6 Å². The SMILES string of the molecule is C=CCc1cc(/C=C2\C(=O)NC(=O)N(C3CCCC3)C2=O)cc(OC)c1OCc1ccccc1C#N. The van der Waals surface area contributed by atoms with Crippen LogP contribution in [0.5, 0.6) is 11.5 Å². The molecule has 4 amide bonds. The molecular formula is C28H27N3O5. The Morgan fingerprint density at radius 1 is 1.17 bits per heavy atom. The van der Waals surface area contributed by atoms with Gasteiger partial charge in [0.25, 0.3) is 11.8 Å². The number of nitriles is 1. The van der Waals surface area contributed by atoms with Crippen LogP contribution in [0, 0.1) is 11.3 Å². The first-order valence-electron chi connectivity index (χ1n) is 11.8. The molecule has 1 aliphatic carbocycles. The molecule has 4 rings (SSSR count). The molecule has 1 N–H and O–H groups in total. The topological polar surface area (TPSA) is 109 Å². The number of barbiturate groups is 1. The fourth-order valence-corrected chi connectivity index (χ4v) is 4.63. The highest BCUT2D eigenvalue weighted by Gasteiger charge is 2.40. The van der Waals surface area contributed by atoms with E-state index < -0.39 is 17.8 Å². The number of amides is 4. The molecule has 0 spiro atoms. The van der Waals surface area contributed by atoms with Gasteiger partial charge >= 0.3 is 6.03 Å². The molecule has 1 saturated heterocycles. The van der Waals surface area contributed by atoms with Crippen molar-refractivity contribution in [2.45, 2.75) is 44.8 Å². The second-order valence-corrected chi connectivity index (χ2v) is 8.69. The van der Waals surface area contributed by atoms with Crippen LogP contribution in [0.4, 0.5) is 4.79 Å².